The van der Waals surface area contributed by atoms with E-state index in [1.807, 2.05) is 62.1 Å². The number of likely N-dealkylation sites (tertiary alicyclic amines) is 1. The number of aromatic nitrogens is 2. The number of nitrogens with zero attached hydrogens (tertiary/aromatic N) is 3. The van der Waals surface area contributed by atoms with Crippen LogP contribution in [0, 0.1) is 6.92 Å². The van der Waals surface area contributed by atoms with Crippen LogP contribution in [0.25, 0.3) is 11.3 Å². The Balaban J connectivity index is 1.59. The van der Waals surface area contributed by atoms with E-state index in [0.717, 1.165) is 29.9 Å². The van der Waals surface area contributed by atoms with Crippen LogP contribution in [-0.4, -0.2) is 27.5 Å². The molecule has 0 bridgehead atoms. The van der Waals surface area contributed by atoms with Gasteiger partial charge in [-0.15, -0.1) is 0 Å². The van der Waals surface area contributed by atoms with Crippen molar-refractivity contribution in [1.29, 1.82) is 0 Å². The minimum absolute atomic E-state index is 0.0214. The van der Waals surface area contributed by atoms with Crippen LogP contribution >= 0.6 is 0 Å². The van der Waals surface area contributed by atoms with Gasteiger partial charge in [0.1, 0.15) is 17.6 Å². The molecule has 1 aliphatic rings. The summed E-state index contributed by atoms with van der Waals surface area (Å²) in [6.07, 6.45) is 1.76. The molecule has 0 N–H and O–H groups in total. The number of hydrogen-bond donors (Lipinski definition) is 0. The van der Waals surface area contributed by atoms with Gasteiger partial charge >= 0.3 is 0 Å². The van der Waals surface area contributed by atoms with Gasteiger partial charge in [-0.1, -0.05) is 31.1 Å². The zero-order chi connectivity index (χ0) is 19.0. The summed E-state index contributed by atoms with van der Waals surface area (Å²) >= 11 is 0. The van der Waals surface area contributed by atoms with E-state index < -0.39 is 0 Å². The van der Waals surface area contributed by atoms with Crippen molar-refractivity contribution in [1.82, 2.24) is 15.0 Å². The summed E-state index contributed by atoms with van der Waals surface area (Å²) in [6.45, 7) is 6.64. The minimum Gasteiger partial charge on any atom is -0.461 e. The third-order valence-electron chi connectivity index (χ3n) is 4.91. The fourth-order valence-electron chi connectivity index (χ4n) is 3.44. The highest BCUT2D eigenvalue weighted by Gasteiger charge is 2.34. The first-order valence-corrected chi connectivity index (χ1v) is 9.34. The predicted molar refractivity (Wildman–Crippen MR) is 100 cm³/mol. The smallest absolute Gasteiger partial charge is 0.254 e. The number of benzene rings is 1. The third kappa shape index (κ3) is 3.39. The van der Waals surface area contributed by atoms with Crippen LogP contribution in [0.3, 0.4) is 0 Å². The van der Waals surface area contributed by atoms with Crippen molar-refractivity contribution in [3.63, 3.8) is 0 Å². The molecule has 27 heavy (non-hydrogen) atoms. The summed E-state index contributed by atoms with van der Waals surface area (Å²) in [6, 6.07) is 11.2. The summed E-state index contributed by atoms with van der Waals surface area (Å²) in [5, 5.41) is 4.05. The first-order valence-electron chi connectivity index (χ1n) is 9.34. The molecule has 1 aliphatic heterocycles. The van der Waals surface area contributed by atoms with Crippen LogP contribution in [-0.2, 0) is 0 Å². The molecule has 4 rings (SSSR count). The average molecular weight is 365 g/mol. The fraction of sp³-hybridized carbons (Fsp3) is 0.381. The maximum Gasteiger partial charge on any atom is 0.254 e. The molecule has 6 nitrogen and oxygen atoms in total. The quantitative estimate of drug-likeness (QED) is 0.668. The van der Waals surface area contributed by atoms with Gasteiger partial charge in [0.15, 0.2) is 5.82 Å². The van der Waals surface area contributed by atoms with Crippen LogP contribution in [0.1, 0.15) is 66.5 Å². The second-order valence-corrected chi connectivity index (χ2v) is 7.29. The van der Waals surface area contributed by atoms with Gasteiger partial charge in [-0.3, -0.25) is 4.79 Å². The lowest BCUT2D eigenvalue weighted by Gasteiger charge is -2.22. The van der Waals surface area contributed by atoms with Crippen LogP contribution in [0.15, 0.2) is 45.3 Å². The molecule has 3 heterocycles. The molecule has 0 saturated carbocycles. The fourth-order valence-corrected chi connectivity index (χ4v) is 3.44. The molecule has 1 saturated heterocycles. The normalized spacial score (nSPS) is 17.0. The van der Waals surface area contributed by atoms with E-state index in [2.05, 4.69) is 10.1 Å². The molecule has 1 aromatic carbocycles. The van der Waals surface area contributed by atoms with Crippen molar-refractivity contribution in [3.8, 4) is 11.3 Å². The van der Waals surface area contributed by atoms with Gasteiger partial charge in [-0.25, -0.2) is 0 Å². The number of carbonyl (C=O) groups excluding carboxylic acids is 1. The number of carbonyl (C=O) groups is 1. The van der Waals surface area contributed by atoms with Crippen LogP contribution in [0.5, 0.6) is 0 Å². The molecule has 1 atom stereocenters. The standard InChI is InChI=1S/C21H23N3O3/c1-13(2)19-22-20(27-23-19)17-8-5-11-24(17)21(25)16-7-4-6-15(12-16)18-10-9-14(3)26-18/h4,6-7,9-10,12-13,17H,5,8,11H2,1-3H3. The topological polar surface area (TPSA) is 72.4 Å². The number of rotatable bonds is 4. The van der Waals surface area contributed by atoms with E-state index in [1.165, 1.54) is 0 Å². The summed E-state index contributed by atoms with van der Waals surface area (Å²) in [7, 11) is 0. The largest absolute Gasteiger partial charge is 0.461 e. The molecule has 0 radical (unpaired) electrons. The monoisotopic (exact) mass is 365 g/mol. The molecule has 1 fully saturated rings. The van der Waals surface area contributed by atoms with Crippen molar-refractivity contribution in [2.24, 2.45) is 0 Å². The molecule has 2 aromatic heterocycles. The molecule has 1 amide bonds. The van der Waals surface area contributed by atoms with E-state index >= 15 is 0 Å². The Morgan fingerprint density at radius 1 is 1.26 bits per heavy atom. The van der Waals surface area contributed by atoms with Crippen molar-refractivity contribution >= 4 is 5.91 Å². The highest BCUT2D eigenvalue weighted by atomic mass is 16.5. The highest BCUT2D eigenvalue weighted by molar-refractivity contribution is 5.95. The molecule has 140 valence electrons. The van der Waals surface area contributed by atoms with Gasteiger partial charge in [0.2, 0.25) is 5.89 Å². The molecular formula is C21H23N3O3. The van der Waals surface area contributed by atoms with E-state index in [4.69, 9.17) is 8.94 Å². The average Bonchev–Trinajstić information content (AvgIpc) is 3.40. The Morgan fingerprint density at radius 2 is 2.11 bits per heavy atom. The first-order chi connectivity index (χ1) is 13.0. The number of hydrogen-bond acceptors (Lipinski definition) is 5. The predicted octanol–water partition coefficient (Wildman–Crippen LogP) is 4.74. The summed E-state index contributed by atoms with van der Waals surface area (Å²) in [4.78, 5) is 19.5. The lowest BCUT2D eigenvalue weighted by molar-refractivity contribution is 0.0710. The van der Waals surface area contributed by atoms with Crippen LogP contribution < -0.4 is 0 Å². The Labute approximate surface area is 158 Å². The van der Waals surface area contributed by atoms with Gasteiger partial charge in [0, 0.05) is 23.6 Å². The summed E-state index contributed by atoms with van der Waals surface area (Å²) in [5.74, 6) is 2.99. The molecule has 1 unspecified atom stereocenters. The molecule has 0 aliphatic carbocycles. The van der Waals surface area contributed by atoms with Gasteiger partial charge in [-0.05, 0) is 44.0 Å². The van der Waals surface area contributed by atoms with E-state index in [1.54, 1.807) is 0 Å². The molecular weight excluding hydrogens is 342 g/mol. The van der Waals surface area contributed by atoms with Gasteiger partial charge in [0.05, 0.1) is 0 Å². The van der Waals surface area contributed by atoms with Crippen molar-refractivity contribution in [2.45, 2.75) is 45.6 Å². The number of aryl methyl sites for hydroxylation is 1. The Kier molecular flexibility index (Phi) is 4.56. The SMILES string of the molecule is Cc1ccc(-c2cccc(C(=O)N3CCCC3c3nc(C(C)C)no3)c2)o1. The first kappa shape index (κ1) is 17.5. The molecule has 6 heteroatoms. The second kappa shape index (κ2) is 7.02. The summed E-state index contributed by atoms with van der Waals surface area (Å²) in [5.41, 5.74) is 1.53. The van der Waals surface area contributed by atoms with Gasteiger partial charge < -0.3 is 13.8 Å². The number of furan rings is 1. The van der Waals surface area contributed by atoms with Crippen LogP contribution in [0.4, 0.5) is 0 Å². The van der Waals surface area contributed by atoms with Crippen molar-refractivity contribution in [2.75, 3.05) is 6.54 Å². The minimum atomic E-state index is -0.160. The van der Waals surface area contributed by atoms with E-state index in [-0.39, 0.29) is 17.9 Å². The Bertz CT molecular complexity index is 957. The molecule has 3 aromatic rings. The van der Waals surface area contributed by atoms with Gasteiger partial charge in [0.25, 0.3) is 5.91 Å². The van der Waals surface area contributed by atoms with E-state index in [9.17, 15) is 4.79 Å². The maximum absolute atomic E-state index is 13.2. The highest BCUT2D eigenvalue weighted by Crippen LogP contribution is 2.33. The maximum atomic E-state index is 13.2. The molecule has 0 spiro atoms. The zero-order valence-electron chi connectivity index (χ0n) is 15.8. The van der Waals surface area contributed by atoms with Gasteiger partial charge in [-0.2, -0.15) is 4.98 Å². The number of amides is 1. The Hall–Kier alpha value is -2.89. The lowest BCUT2D eigenvalue weighted by atomic mass is 10.1. The lowest BCUT2D eigenvalue weighted by Crippen LogP contribution is -2.30. The second-order valence-electron chi connectivity index (χ2n) is 7.29. The van der Waals surface area contributed by atoms with E-state index in [0.29, 0.717) is 23.8 Å². The third-order valence-corrected chi connectivity index (χ3v) is 4.91. The zero-order valence-corrected chi connectivity index (χ0v) is 15.8. The Morgan fingerprint density at radius 3 is 2.81 bits per heavy atom. The van der Waals surface area contributed by atoms with Crippen LogP contribution in [0.2, 0.25) is 0 Å². The van der Waals surface area contributed by atoms with Crippen molar-refractivity contribution < 1.29 is 13.7 Å². The summed E-state index contributed by atoms with van der Waals surface area (Å²) < 4.78 is 11.1. The van der Waals surface area contributed by atoms with Crippen molar-refractivity contribution in [3.05, 3.63) is 59.4 Å².